The van der Waals surface area contributed by atoms with Crippen LogP contribution in [0.25, 0.3) is 12.2 Å². The minimum atomic E-state index is 1.14. The lowest BCUT2D eigenvalue weighted by Gasteiger charge is -2.03. The van der Waals surface area contributed by atoms with Crippen molar-refractivity contribution in [3.63, 3.8) is 0 Å². The molecule has 0 N–H and O–H groups in total. The lowest BCUT2D eigenvalue weighted by molar-refractivity contribution is -0.697. The summed E-state index contributed by atoms with van der Waals surface area (Å²) in [6.45, 7) is 3.43. The zero-order valence-electron chi connectivity index (χ0n) is 19.4. The summed E-state index contributed by atoms with van der Waals surface area (Å²) in [5.41, 5.74) is 2.51. The Labute approximate surface area is 186 Å². The lowest BCUT2D eigenvalue weighted by Crippen LogP contribution is -2.32. The minimum absolute atomic E-state index is 1.14. The SMILES string of the molecule is CCCCCCCCCCCCCCCC[n+]1ccc(/C=C/c2ccccc2)cc1. The number of unbranched alkanes of at least 4 members (excludes halogenated alkanes) is 13. The summed E-state index contributed by atoms with van der Waals surface area (Å²) < 4.78 is 2.32. The predicted molar refractivity (Wildman–Crippen MR) is 132 cm³/mol. The number of hydrogen-bond donors (Lipinski definition) is 0. The fourth-order valence-corrected chi connectivity index (χ4v) is 3.97. The van der Waals surface area contributed by atoms with Crippen LogP contribution in [0, 0.1) is 0 Å². The van der Waals surface area contributed by atoms with Crippen molar-refractivity contribution < 1.29 is 4.57 Å². The quantitative estimate of drug-likeness (QED) is 0.183. The van der Waals surface area contributed by atoms with Crippen molar-refractivity contribution >= 4 is 12.2 Å². The standard InChI is InChI=1S/C29H44N/c1-2-3-4-5-6-7-8-9-10-11-12-13-14-18-25-30-26-23-29(24-27-30)22-21-28-19-16-15-17-20-28/h15-17,19-24,26-27H,2-14,18,25H2,1H3/q+1/b22-21+. The second-order valence-corrected chi connectivity index (χ2v) is 8.71. The van der Waals surface area contributed by atoms with Gasteiger partial charge in [0.2, 0.25) is 0 Å². The second-order valence-electron chi connectivity index (χ2n) is 8.71. The molecular formula is C29H44N+. The van der Waals surface area contributed by atoms with Gasteiger partial charge in [-0.2, -0.15) is 0 Å². The van der Waals surface area contributed by atoms with Gasteiger partial charge in [-0.15, -0.1) is 0 Å². The molecule has 2 rings (SSSR count). The van der Waals surface area contributed by atoms with Crippen LogP contribution in [0.4, 0.5) is 0 Å². The molecule has 1 heterocycles. The molecule has 1 nitrogen and oxygen atoms in total. The van der Waals surface area contributed by atoms with E-state index >= 15 is 0 Å². The topological polar surface area (TPSA) is 3.88 Å². The molecule has 0 saturated heterocycles. The van der Waals surface area contributed by atoms with E-state index in [1.807, 2.05) is 0 Å². The van der Waals surface area contributed by atoms with Crippen LogP contribution in [-0.4, -0.2) is 0 Å². The van der Waals surface area contributed by atoms with Crippen molar-refractivity contribution in [3.05, 3.63) is 66.0 Å². The molecule has 0 radical (unpaired) electrons. The first kappa shape index (κ1) is 24.4. The molecule has 0 atom stereocenters. The molecule has 30 heavy (non-hydrogen) atoms. The highest BCUT2D eigenvalue weighted by Crippen LogP contribution is 2.13. The molecule has 1 aromatic carbocycles. The van der Waals surface area contributed by atoms with Crippen LogP contribution in [-0.2, 0) is 6.54 Å². The average Bonchev–Trinajstić information content (AvgIpc) is 2.79. The molecule has 0 amide bonds. The number of rotatable bonds is 17. The van der Waals surface area contributed by atoms with Gasteiger partial charge in [0.25, 0.3) is 0 Å². The third kappa shape index (κ3) is 12.0. The van der Waals surface area contributed by atoms with E-state index in [2.05, 4.69) is 78.5 Å². The highest BCUT2D eigenvalue weighted by atomic mass is 14.9. The number of nitrogens with zero attached hydrogens (tertiary/aromatic N) is 1. The third-order valence-corrected chi connectivity index (χ3v) is 5.95. The molecule has 0 fully saturated rings. The van der Waals surface area contributed by atoms with Gasteiger partial charge in [-0.25, -0.2) is 4.57 Å². The Morgan fingerprint density at radius 2 is 0.967 bits per heavy atom. The molecule has 0 bridgehead atoms. The van der Waals surface area contributed by atoms with E-state index in [1.165, 1.54) is 101 Å². The van der Waals surface area contributed by atoms with E-state index in [0.717, 1.165) is 6.54 Å². The molecule has 164 valence electrons. The summed E-state index contributed by atoms with van der Waals surface area (Å²) in [4.78, 5) is 0. The Balaban J connectivity index is 1.43. The molecule has 1 aromatic heterocycles. The van der Waals surface area contributed by atoms with Crippen molar-refractivity contribution in [2.24, 2.45) is 0 Å². The second kappa shape index (κ2) is 16.9. The molecule has 2 aromatic rings. The van der Waals surface area contributed by atoms with E-state index in [4.69, 9.17) is 0 Å². The van der Waals surface area contributed by atoms with Gasteiger partial charge in [-0.1, -0.05) is 126 Å². The van der Waals surface area contributed by atoms with Gasteiger partial charge in [0.05, 0.1) is 0 Å². The number of benzene rings is 1. The summed E-state index contributed by atoms with van der Waals surface area (Å²) >= 11 is 0. The predicted octanol–water partition coefficient (Wildman–Crippen LogP) is 8.63. The maximum Gasteiger partial charge on any atom is 0.169 e. The van der Waals surface area contributed by atoms with Crippen molar-refractivity contribution in [3.8, 4) is 0 Å². The van der Waals surface area contributed by atoms with Gasteiger partial charge in [0.1, 0.15) is 6.54 Å². The van der Waals surface area contributed by atoms with Gasteiger partial charge in [-0.05, 0) is 17.5 Å². The van der Waals surface area contributed by atoms with Gasteiger partial charge < -0.3 is 0 Å². The summed E-state index contributed by atoms with van der Waals surface area (Å²) in [5.74, 6) is 0. The number of aryl methyl sites for hydroxylation is 1. The van der Waals surface area contributed by atoms with E-state index in [0.29, 0.717) is 0 Å². The highest BCUT2D eigenvalue weighted by Gasteiger charge is 2.00. The monoisotopic (exact) mass is 406 g/mol. The molecule has 0 aliphatic rings. The molecule has 0 saturated carbocycles. The van der Waals surface area contributed by atoms with Crippen molar-refractivity contribution in [2.45, 2.75) is 103 Å². The molecule has 0 aliphatic carbocycles. The summed E-state index contributed by atoms with van der Waals surface area (Å²) in [6.07, 6.45) is 28.7. The minimum Gasteiger partial charge on any atom is -0.205 e. The van der Waals surface area contributed by atoms with Crippen molar-refractivity contribution in [1.29, 1.82) is 0 Å². The Morgan fingerprint density at radius 1 is 0.533 bits per heavy atom. The van der Waals surface area contributed by atoms with Crippen LogP contribution in [0.1, 0.15) is 108 Å². The van der Waals surface area contributed by atoms with Gasteiger partial charge >= 0.3 is 0 Å². The number of aromatic nitrogens is 1. The van der Waals surface area contributed by atoms with Gasteiger partial charge in [0.15, 0.2) is 12.4 Å². The summed E-state index contributed by atoms with van der Waals surface area (Å²) in [7, 11) is 0. The van der Waals surface area contributed by atoms with Crippen LogP contribution >= 0.6 is 0 Å². The Hall–Kier alpha value is -1.89. The van der Waals surface area contributed by atoms with Crippen LogP contribution in [0.2, 0.25) is 0 Å². The zero-order valence-corrected chi connectivity index (χ0v) is 19.4. The van der Waals surface area contributed by atoms with E-state index in [9.17, 15) is 0 Å². The fraction of sp³-hybridized carbons (Fsp3) is 0.552. The zero-order chi connectivity index (χ0) is 21.1. The van der Waals surface area contributed by atoms with Crippen LogP contribution in [0.15, 0.2) is 54.9 Å². The lowest BCUT2D eigenvalue weighted by atomic mass is 10.0. The number of pyridine rings is 1. The van der Waals surface area contributed by atoms with Crippen LogP contribution in [0.5, 0.6) is 0 Å². The van der Waals surface area contributed by atoms with E-state index in [1.54, 1.807) is 0 Å². The fourth-order valence-electron chi connectivity index (χ4n) is 3.97. The molecule has 0 unspecified atom stereocenters. The Kier molecular flexibility index (Phi) is 13.7. The first-order valence-electron chi connectivity index (χ1n) is 12.6. The molecule has 0 aliphatic heterocycles. The van der Waals surface area contributed by atoms with Crippen molar-refractivity contribution in [2.75, 3.05) is 0 Å². The van der Waals surface area contributed by atoms with Gasteiger partial charge in [-0.3, -0.25) is 0 Å². The maximum absolute atomic E-state index is 2.32. The third-order valence-electron chi connectivity index (χ3n) is 5.95. The van der Waals surface area contributed by atoms with E-state index < -0.39 is 0 Å². The van der Waals surface area contributed by atoms with Crippen molar-refractivity contribution in [1.82, 2.24) is 0 Å². The smallest absolute Gasteiger partial charge is 0.169 e. The van der Waals surface area contributed by atoms with Gasteiger partial charge in [0, 0.05) is 18.6 Å². The first-order valence-corrected chi connectivity index (χ1v) is 12.6. The highest BCUT2D eigenvalue weighted by molar-refractivity contribution is 5.68. The largest absolute Gasteiger partial charge is 0.205 e. The van der Waals surface area contributed by atoms with E-state index in [-0.39, 0.29) is 0 Å². The number of hydrogen-bond acceptors (Lipinski definition) is 0. The first-order chi connectivity index (χ1) is 14.9. The maximum atomic E-state index is 2.32. The van der Waals surface area contributed by atoms with Crippen LogP contribution in [0.3, 0.4) is 0 Å². The van der Waals surface area contributed by atoms with Crippen LogP contribution < -0.4 is 4.57 Å². The Bertz CT molecular complexity index is 657. The summed E-state index contributed by atoms with van der Waals surface area (Å²) in [5, 5.41) is 0. The Morgan fingerprint density at radius 3 is 1.47 bits per heavy atom. The normalized spacial score (nSPS) is 11.4. The summed E-state index contributed by atoms with van der Waals surface area (Å²) in [6, 6.07) is 14.9. The molecular weight excluding hydrogens is 362 g/mol. The molecule has 1 heteroatoms. The molecule has 0 spiro atoms. The average molecular weight is 407 g/mol.